The fourth-order valence-corrected chi connectivity index (χ4v) is 2.50. The molecule has 1 unspecified atom stereocenters. The number of aliphatic hydroxyl groups excluding tert-OH is 1. The average Bonchev–Trinajstić information content (AvgIpc) is 2.68. The van der Waals surface area contributed by atoms with Gasteiger partial charge in [-0.25, -0.2) is 4.79 Å². The fourth-order valence-electron chi connectivity index (χ4n) is 2.50. The molecule has 0 spiro atoms. The van der Waals surface area contributed by atoms with Gasteiger partial charge in [0.2, 0.25) is 0 Å². The van der Waals surface area contributed by atoms with Gasteiger partial charge in [-0.3, -0.25) is 0 Å². The molecule has 1 atom stereocenters. The minimum absolute atomic E-state index is 0.0307. The topological polar surface area (TPSA) is 86.7 Å². The number of rotatable bonds is 7. The predicted octanol–water partition coefficient (Wildman–Crippen LogP) is 3.00. The van der Waals surface area contributed by atoms with Crippen LogP contribution in [0.25, 0.3) is 0 Å². The van der Waals surface area contributed by atoms with Gasteiger partial charge in [0.05, 0.1) is 24.7 Å². The Morgan fingerprint density at radius 1 is 1.07 bits per heavy atom. The van der Waals surface area contributed by atoms with E-state index in [1.165, 1.54) is 6.07 Å². The summed E-state index contributed by atoms with van der Waals surface area (Å²) in [5, 5.41) is 19.6. The van der Waals surface area contributed by atoms with Gasteiger partial charge in [0, 0.05) is 11.0 Å². The van der Waals surface area contributed by atoms with E-state index in [0.29, 0.717) is 5.56 Å². The maximum atomic E-state index is 11.7. The first-order chi connectivity index (χ1) is 12.8. The van der Waals surface area contributed by atoms with Crippen molar-refractivity contribution in [1.29, 1.82) is 0 Å². The number of ether oxygens (including phenoxy) is 1. The molecule has 2 rings (SSSR count). The molecule has 5 heteroatoms. The number of aliphatic hydroxyl groups is 1. The first-order valence-corrected chi connectivity index (χ1v) is 8.93. The normalized spacial score (nSPS) is 12.3. The van der Waals surface area contributed by atoms with Gasteiger partial charge in [-0.15, -0.1) is 0 Å². The summed E-state index contributed by atoms with van der Waals surface area (Å²) >= 11 is 0. The predicted molar refractivity (Wildman–Crippen MR) is 102 cm³/mol. The molecule has 2 aromatic carbocycles. The van der Waals surface area contributed by atoms with Crippen molar-refractivity contribution in [3.8, 4) is 0 Å². The van der Waals surface area contributed by atoms with Crippen LogP contribution in [0.5, 0.6) is 0 Å². The average molecular weight is 371 g/mol. The van der Waals surface area contributed by atoms with Gasteiger partial charge < -0.3 is 19.7 Å². The Labute approximate surface area is 160 Å². The Morgan fingerprint density at radius 3 is 2.15 bits per heavy atom. The van der Waals surface area contributed by atoms with Gasteiger partial charge in [0.25, 0.3) is 0 Å². The number of carbonyl (C=O) groups is 2. The summed E-state index contributed by atoms with van der Waals surface area (Å²) in [6, 6.07) is 15.6. The molecular weight excluding hydrogens is 344 g/mol. The minimum atomic E-state index is -1.11. The summed E-state index contributed by atoms with van der Waals surface area (Å²) in [6.07, 6.45) is 1.80. The second-order valence-corrected chi connectivity index (χ2v) is 6.76. The van der Waals surface area contributed by atoms with Crippen LogP contribution in [-0.4, -0.2) is 30.3 Å². The van der Waals surface area contributed by atoms with Crippen LogP contribution in [-0.2, 0) is 4.74 Å². The molecule has 0 bridgehead atoms. The number of aryl methyl sites for hydroxylation is 1. The first kappa shape index (κ1) is 22.4. The summed E-state index contributed by atoms with van der Waals surface area (Å²) in [4.78, 5) is 22.0. The second-order valence-electron chi connectivity index (χ2n) is 6.76. The third kappa shape index (κ3) is 7.62. The van der Waals surface area contributed by atoms with Crippen molar-refractivity contribution >= 4 is 11.9 Å². The zero-order valence-corrected chi connectivity index (χ0v) is 16.1. The number of hydrogen-bond donors (Lipinski definition) is 1. The van der Waals surface area contributed by atoms with Crippen LogP contribution in [0.15, 0.2) is 54.6 Å². The molecule has 0 aromatic heterocycles. The van der Waals surface area contributed by atoms with Gasteiger partial charge >= 0.3 is 5.97 Å². The van der Waals surface area contributed by atoms with Crippen molar-refractivity contribution in [2.24, 2.45) is 5.41 Å². The summed E-state index contributed by atoms with van der Waals surface area (Å²) in [6.45, 7) is 6.00. The Hall–Kier alpha value is -2.66. The third-order valence-electron chi connectivity index (χ3n) is 4.16. The molecule has 0 aliphatic carbocycles. The molecule has 0 heterocycles. The highest BCUT2D eigenvalue weighted by atomic mass is 16.5. The van der Waals surface area contributed by atoms with Crippen molar-refractivity contribution in [3.63, 3.8) is 0 Å². The van der Waals surface area contributed by atoms with E-state index in [-0.39, 0.29) is 30.2 Å². The Bertz CT molecular complexity index is 726. The van der Waals surface area contributed by atoms with Gasteiger partial charge in [-0.05, 0) is 31.0 Å². The van der Waals surface area contributed by atoms with E-state index >= 15 is 0 Å². The number of carboxylic acid groups (broad SMARTS) is 1. The lowest BCUT2D eigenvalue weighted by molar-refractivity contribution is -0.255. The maximum absolute atomic E-state index is 11.7. The molecule has 1 N–H and O–H groups in total. The zero-order valence-electron chi connectivity index (χ0n) is 16.1. The Morgan fingerprint density at radius 2 is 1.67 bits per heavy atom. The van der Waals surface area contributed by atoms with Gasteiger partial charge in [-0.1, -0.05) is 62.7 Å². The fraction of sp³-hybridized carbons (Fsp3) is 0.364. The van der Waals surface area contributed by atoms with Crippen LogP contribution in [0.2, 0.25) is 0 Å². The standard InChI is InChI=1S/C14H20O3.C8H8O2/c1-3-9-14(2,10-15)11-17-13(16)12-7-5-4-6-8-12;1-6-4-2-3-5-7(6)8(9)10/h4-8,15H,3,9-11H2,1-2H3;2-5H,1H3,(H,9,10)/p-1. The van der Waals surface area contributed by atoms with E-state index in [4.69, 9.17) is 4.74 Å². The number of esters is 1. The Balaban J connectivity index is 0.000000309. The monoisotopic (exact) mass is 371 g/mol. The first-order valence-electron chi connectivity index (χ1n) is 8.93. The lowest BCUT2D eigenvalue weighted by Crippen LogP contribution is -2.29. The number of hydrogen-bond acceptors (Lipinski definition) is 5. The van der Waals surface area contributed by atoms with Gasteiger partial charge in [-0.2, -0.15) is 0 Å². The van der Waals surface area contributed by atoms with Crippen molar-refractivity contribution in [3.05, 3.63) is 71.3 Å². The molecule has 0 amide bonds. The van der Waals surface area contributed by atoms with E-state index in [0.717, 1.165) is 18.4 Å². The smallest absolute Gasteiger partial charge is 0.338 e. The highest BCUT2D eigenvalue weighted by Gasteiger charge is 2.24. The lowest BCUT2D eigenvalue weighted by atomic mass is 9.88. The van der Waals surface area contributed by atoms with E-state index < -0.39 is 5.97 Å². The largest absolute Gasteiger partial charge is 0.545 e. The maximum Gasteiger partial charge on any atom is 0.338 e. The van der Waals surface area contributed by atoms with Crippen LogP contribution >= 0.6 is 0 Å². The zero-order chi connectivity index (χ0) is 20.3. The molecule has 0 aliphatic heterocycles. The molecule has 27 heavy (non-hydrogen) atoms. The molecular formula is C22H27O5-. The molecule has 0 saturated heterocycles. The number of aromatic carboxylic acids is 1. The van der Waals surface area contributed by atoms with Crippen LogP contribution in [0.3, 0.4) is 0 Å². The summed E-state index contributed by atoms with van der Waals surface area (Å²) in [7, 11) is 0. The Kier molecular flexibility index (Phi) is 9.23. The molecule has 0 saturated carbocycles. The molecule has 5 nitrogen and oxygen atoms in total. The number of carboxylic acids is 1. The van der Waals surface area contributed by atoms with E-state index in [1.807, 2.05) is 19.9 Å². The second kappa shape index (κ2) is 11.1. The van der Waals surface area contributed by atoms with Gasteiger partial charge in [0.1, 0.15) is 0 Å². The molecule has 0 fully saturated rings. The molecule has 146 valence electrons. The van der Waals surface area contributed by atoms with Crippen LogP contribution < -0.4 is 5.11 Å². The molecule has 2 aromatic rings. The summed E-state index contributed by atoms with van der Waals surface area (Å²) in [5.74, 6) is -1.44. The third-order valence-corrected chi connectivity index (χ3v) is 4.16. The SMILES string of the molecule is CCCC(C)(CO)COC(=O)c1ccccc1.Cc1ccccc1C(=O)[O-]. The van der Waals surface area contributed by atoms with Crippen LogP contribution in [0.4, 0.5) is 0 Å². The van der Waals surface area contributed by atoms with E-state index in [1.54, 1.807) is 49.4 Å². The van der Waals surface area contributed by atoms with Gasteiger partial charge in [0.15, 0.2) is 0 Å². The number of carbonyl (C=O) groups excluding carboxylic acids is 2. The summed E-state index contributed by atoms with van der Waals surface area (Å²) < 4.78 is 5.24. The van der Waals surface area contributed by atoms with Crippen molar-refractivity contribution < 1.29 is 24.5 Å². The quantitative estimate of drug-likeness (QED) is 0.756. The molecule has 0 radical (unpaired) electrons. The highest BCUT2D eigenvalue weighted by molar-refractivity contribution is 5.89. The number of benzene rings is 2. The highest BCUT2D eigenvalue weighted by Crippen LogP contribution is 2.23. The van der Waals surface area contributed by atoms with Crippen molar-refractivity contribution in [2.45, 2.75) is 33.6 Å². The van der Waals surface area contributed by atoms with Crippen molar-refractivity contribution in [2.75, 3.05) is 13.2 Å². The van der Waals surface area contributed by atoms with Crippen LogP contribution in [0, 0.1) is 12.3 Å². The lowest BCUT2D eigenvalue weighted by Gasteiger charge is -2.26. The van der Waals surface area contributed by atoms with E-state index in [9.17, 15) is 19.8 Å². The minimum Gasteiger partial charge on any atom is -0.545 e. The van der Waals surface area contributed by atoms with Crippen LogP contribution in [0.1, 0.15) is 53.0 Å². The molecule has 0 aliphatic rings. The summed E-state index contributed by atoms with van der Waals surface area (Å²) in [5.41, 5.74) is 1.22. The van der Waals surface area contributed by atoms with E-state index in [2.05, 4.69) is 0 Å². The van der Waals surface area contributed by atoms with Crippen molar-refractivity contribution in [1.82, 2.24) is 0 Å².